The molecule has 1 aromatic heterocycles. The normalized spacial score (nSPS) is 17.1. The zero-order valence-corrected chi connectivity index (χ0v) is 14.4. The van der Waals surface area contributed by atoms with Crippen LogP contribution in [0.25, 0.3) is 0 Å². The number of amides is 1. The van der Waals surface area contributed by atoms with Gasteiger partial charge < -0.3 is 10.2 Å². The quantitative estimate of drug-likeness (QED) is 0.798. The Labute approximate surface area is 137 Å². The van der Waals surface area contributed by atoms with Crippen LogP contribution in [0.4, 0.5) is 0 Å². The summed E-state index contributed by atoms with van der Waals surface area (Å²) >= 11 is 0. The minimum absolute atomic E-state index is 0.0960. The van der Waals surface area contributed by atoms with Gasteiger partial charge in [0, 0.05) is 51.5 Å². The molecule has 0 bridgehead atoms. The average Bonchev–Trinajstić information content (AvgIpc) is 2.59. The molecule has 0 unspecified atom stereocenters. The molecule has 2 rings (SSSR count). The number of aromatic nitrogens is 1. The lowest BCUT2D eigenvalue weighted by Gasteiger charge is -2.32. The molecule has 0 spiro atoms. The summed E-state index contributed by atoms with van der Waals surface area (Å²) in [5.74, 6) is -0.00381. The molecular weight excluding hydrogens is 316 g/mol. The summed E-state index contributed by atoms with van der Waals surface area (Å²) in [5.41, 5.74) is 0. The van der Waals surface area contributed by atoms with Crippen molar-refractivity contribution in [3.63, 3.8) is 0 Å². The maximum Gasteiger partial charge on any atom is 0.244 e. The summed E-state index contributed by atoms with van der Waals surface area (Å²) in [6.07, 6.45) is 4.02. The maximum atomic E-state index is 12.5. The first-order chi connectivity index (χ1) is 11.0. The van der Waals surface area contributed by atoms with Gasteiger partial charge in [-0.3, -0.25) is 9.78 Å². The molecule has 8 heteroatoms. The molecule has 1 aliphatic rings. The SMILES string of the molecule is CNCCN(C)C(=O)C1CCN(S(=O)(=O)c2cccnc2)CC1. The van der Waals surface area contributed by atoms with Crippen molar-refractivity contribution in [2.45, 2.75) is 17.7 Å². The average molecular weight is 340 g/mol. The minimum atomic E-state index is -3.51. The summed E-state index contributed by atoms with van der Waals surface area (Å²) in [6, 6.07) is 3.16. The third-order valence-electron chi connectivity index (χ3n) is 4.15. The summed E-state index contributed by atoms with van der Waals surface area (Å²) < 4.78 is 26.5. The number of pyridine rings is 1. The van der Waals surface area contributed by atoms with Crippen molar-refractivity contribution < 1.29 is 13.2 Å². The highest BCUT2D eigenvalue weighted by Gasteiger charge is 2.33. The molecule has 0 saturated carbocycles. The minimum Gasteiger partial charge on any atom is -0.344 e. The van der Waals surface area contributed by atoms with E-state index < -0.39 is 10.0 Å². The first kappa shape index (κ1) is 17.8. The lowest BCUT2D eigenvalue weighted by atomic mass is 9.97. The monoisotopic (exact) mass is 340 g/mol. The number of carbonyl (C=O) groups is 1. The van der Waals surface area contributed by atoms with Gasteiger partial charge in [-0.05, 0) is 32.0 Å². The molecule has 23 heavy (non-hydrogen) atoms. The number of sulfonamides is 1. The molecule has 0 aliphatic carbocycles. The highest BCUT2D eigenvalue weighted by molar-refractivity contribution is 7.89. The van der Waals surface area contributed by atoms with Gasteiger partial charge in [-0.1, -0.05) is 0 Å². The van der Waals surface area contributed by atoms with Crippen molar-refractivity contribution in [2.24, 2.45) is 5.92 Å². The van der Waals surface area contributed by atoms with E-state index in [-0.39, 0.29) is 16.7 Å². The van der Waals surface area contributed by atoms with Gasteiger partial charge in [0.15, 0.2) is 0 Å². The van der Waals surface area contributed by atoms with Crippen LogP contribution in [0.15, 0.2) is 29.4 Å². The number of carbonyl (C=O) groups excluding carboxylic acids is 1. The van der Waals surface area contributed by atoms with E-state index in [2.05, 4.69) is 10.3 Å². The molecule has 0 radical (unpaired) electrons. The topological polar surface area (TPSA) is 82.6 Å². The maximum absolute atomic E-state index is 12.5. The highest BCUT2D eigenvalue weighted by atomic mass is 32.2. The Bertz CT molecular complexity index is 613. The fourth-order valence-electron chi connectivity index (χ4n) is 2.69. The van der Waals surface area contributed by atoms with Crippen LogP contribution < -0.4 is 5.32 Å². The largest absolute Gasteiger partial charge is 0.344 e. The number of piperidine rings is 1. The Morgan fingerprint density at radius 1 is 1.43 bits per heavy atom. The Morgan fingerprint density at radius 3 is 2.70 bits per heavy atom. The van der Waals surface area contributed by atoms with E-state index in [1.54, 1.807) is 30.3 Å². The number of rotatable bonds is 6. The molecule has 128 valence electrons. The molecule has 1 saturated heterocycles. The zero-order chi connectivity index (χ0) is 16.9. The Balaban J connectivity index is 1.95. The van der Waals surface area contributed by atoms with Crippen molar-refractivity contribution in [3.05, 3.63) is 24.5 Å². The zero-order valence-electron chi connectivity index (χ0n) is 13.6. The fourth-order valence-corrected chi connectivity index (χ4v) is 4.13. The van der Waals surface area contributed by atoms with E-state index in [1.165, 1.54) is 10.5 Å². The van der Waals surface area contributed by atoms with Crippen LogP contribution in [-0.2, 0) is 14.8 Å². The predicted octanol–water partition coefficient (Wildman–Crippen LogP) is 0.160. The van der Waals surface area contributed by atoms with Gasteiger partial charge in [0.25, 0.3) is 0 Å². The second-order valence-corrected chi connectivity index (χ2v) is 7.67. The van der Waals surface area contributed by atoms with Crippen molar-refractivity contribution in [1.29, 1.82) is 0 Å². The molecule has 1 amide bonds. The molecule has 0 aromatic carbocycles. The van der Waals surface area contributed by atoms with Gasteiger partial charge >= 0.3 is 0 Å². The number of nitrogens with one attached hydrogen (secondary N) is 1. The van der Waals surface area contributed by atoms with E-state index in [1.807, 2.05) is 7.05 Å². The molecule has 0 atom stereocenters. The van der Waals surface area contributed by atoms with Gasteiger partial charge in [-0.25, -0.2) is 8.42 Å². The second kappa shape index (κ2) is 7.85. The van der Waals surface area contributed by atoms with Crippen LogP contribution in [0.3, 0.4) is 0 Å². The van der Waals surface area contributed by atoms with Crippen molar-refractivity contribution in [3.8, 4) is 0 Å². The van der Waals surface area contributed by atoms with E-state index in [0.717, 1.165) is 6.54 Å². The highest BCUT2D eigenvalue weighted by Crippen LogP contribution is 2.24. The lowest BCUT2D eigenvalue weighted by molar-refractivity contribution is -0.135. The summed E-state index contributed by atoms with van der Waals surface area (Å²) in [5, 5.41) is 3.01. The van der Waals surface area contributed by atoms with Crippen molar-refractivity contribution in [1.82, 2.24) is 19.5 Å². The first-order valence-electron chi connectivity index (χ1n) is 7.76. The summed E-state index contributed by atoms with van der Waals surface area (Å²) in [4.78, 5) is 18.1. The van der Waals surface area contributed by atoms with Crippen LogP contribution in [0, 0.1) is 5.92 Å². The first-order valence-corrected chi connectivity index (χ1v) is 9.20. The smallest absolute Gasteiger partial charge is 0.244 e. The van der Waals surface area contributed by atoms with Gasteiger partial charge in [0.2, 0.25) is 15.9 Å². The van der Waals surface area contributed by atoms with Gasteiger partial charge in [0.05, 0.1) is 0 Å². The van der Waals surface area contributed by atoms with Gasteiger partial charge in [-0.2, -0.15) is 4.31 Å². The molecule has 1 N–H and O–H groups in total. The third-order valence-corrected chi connectivity index (χ3v) is 6.03. The van der Waals surface area contributed by atoms with E-state index in [4.69, 9.17) is 0 Å². The third kappa shape index (κ3) is 4.27. The molecular formula is C15H24N4O3S. The van der Waals surface area contributed by atoms with Crippen molar-refractivity contribution >= 4 is 15.9 Å². The van der Waals surface area contributed by atoms with E-state index in [9.17, 15) is 13.2 Å². The number of hydrogen-bond donors (Lipinski definition) is 1. The van der Waals surface area contributed by atoms with Crippen molar-refractivity contribution in [2.75, 3.05) is 40.3 Å². The molecule has 1 aromatic rings. The predicted molar refractivity (Wildman–Crippen MR) is 87.3 cm³/mol. The molecule has 1 fully saturated rings. The summed E-state index contributed by atoms with van der Waals surface area (Å²) in [6.45, 7) is 2.14. The molecule has 2 heterocycles. The Morgan fingerprint density at radius 2 is 2.13 bits per heavy atom. The number of nitrogens with zero attached hydrogens (tertiary/aromatic N) is 3. The van der Waals surface area contributed by atoms with Crippen LogP contribution in [-0.4, -0.2) is 68.8 Å². The standard InChI is InChI=1S/C15H24N4O3S/c1-16-8-11-18(2)15(20)13-5-9-19(10-6-13)23(21,22)14-4-3-7-17-12-14/h3-4,7,12-13,16H,5-6,8-11H2,1-2H3. The summed E-state index contributed by atoms with van der Waals surface area (Å²) in [7, 11) is 0.128. The number of hydrogen-bond acceptors (Lipinski definition) is 5. The van der Waals surface area contributed by atoms with Crippen LogP contribution >= 0.6 is 0 Å². The van der Waals surface area contributed by atoms with Crippen LogP contribution in [0.5, 0.6) is 0 Å². The van der Waals surface area contributed by atoms with Crippen LogP contribution in [0.1, 0.15) is 12.8 Å². The lowest BCUT2D eigenvalue weighted by Crippen LogP contribution is -2.44. The van der Waals surface area contributed by atoms with Gasteiger partial charge in [-0.15, -0.1) is 0 Å². The van der Waals surface area contributed by atoms with Gasteiger partial charge in [0.1, 0.15) is 4.90 Å². The Hall–Kier alpha value is -1.51. The molecule has 7 nitrogen and oxygen atoms in total. The second-order valence-electron chi connectivity index (χ2n) is 5.73. The van der Waals surface area contributed by atoms with Crippen LogP contribution in [0.2, 0.25) is 0 Å². The van der Waals surface area contributed by atoms with E-state index >= 15 is 0 Å². The molecule has 1 aliphatic heterocycles. The number of likely N-dealkylation sites (N-methyl/N-ethyl adjacent to an activating group) is 2. The van der Waals surface area contributed by atoms with E-state index in [0.29, 0.717) is 32.5 Å². The Kier molecular flexibility index (Phi) is 6.09. The fraction of sp³-hybridized carbons (Fsp3) is 0.600.